The maximum Gasteiger partial charge on any atom is 0.265 e. The number of nitrogens with zero attached hydrogens (tertiary/aromatic N) is 4. The van der Waals surface area contributed by atoms with Crippen LogP contribution in [0.3, 0.4) is 0 Å². The lowest BCUT2D eigenvalue weighted by Crippen LogP contribution is -2.16. The fourth-order valence-electron chi connectivity index (χ4n) is 2.65. The van der Waals surface area contributed by atoms with Crippen LogP contribution in [0.4, 0.5) is 17.3 Å². The summed E-state index contributed by atoms with van der Waals surface area (Å²) in [6.07, 6.45) is 6.02. The third-order valence-electron chi connectivity index (χ3n) is 3.83. The van der Waals surface area contributed by atoms with Crippen molar-refractivity contribution in [1.82, 2.24) is 15.0 Å². The minimum Gasteiger partial charge on any atom is -0.320 e. The molecule has 0 fully saturated rings. The Morgan fingerprint density at radius 3 is 2.83 bits per heavy atom. The van der Waals surface area contributed by atoms with Gasteiger partial charge in [-0.15, -0.1) is 11.3 Å². The van der Waals surface area contributed by atoms with Crippen molar-refractivity contribution in [3.63, 3.8) is 0 Å². The lowest BCUT2D eigenvalue weighted by Gasteiger charge is -2.15. The van der Waals surface area contributed by atoms with Crippen LogP contribution in [0.1, 0.15) is 20.2 Å². The van der Waals surface area contributed by atoms with E-state index >= 15 is 0 Å². The average molecular weight is 337 g/mol. The zero-order valence-corrected chi connectivity index (χ0v) is 13.9. The Labute approximate surface area is 143 Å². The molecule has 0 bridgehead atoms. The van der Waals surface area contributed by atoms with Crippen molar-refractivity contribution in [1.29, 1.82) is 0 Å². The fraction of sp³-hybridized carbons (Fsp3) is 0.176. The zero-order chi connectivity index (χ0) is 16.5. The lowest BCUT2D eigenvalue weighted by molar-refractivity contribution is 0.103. The number of hydrogen-bond donors (Lipinski definition) is 1. The van der Waals surface area contributed by atoms with Crippen LogP contribution in [-0.4, -0.2) is 27.4 Å². The molecule has 7 heteroatoms. The van der Waals surface area contributed by atoms with Gasteiger partial charge in [0.1, 0.15) is 0 Å². The number of fused-ring (bicyclic) bond motifs is 1. The van der Waals surface area contributed by atoms with Crippen LogP contribution < -0.4 is 10.2 Å². The molecule has 24 heavy (non-hydrogen) atoms. The molecule has 4 heterocycles. The van der Waals surface area contributed by atoms with Crippen LogP contribution in [0.5, 0.6) is 0 Å². The molecule has 0 unspecified atom stereocenters. The molecular weight excluding hydrogens is 322 g/mol. The van der Waals surface area contributed by atoms with Crippen LogP contribution in [0.15, 0.2) is 42.9 Å². The van der Waals surface area contributed by atoms with E-state index in [0.717, 1.165) is 24.3 Å². The highest BCUT2D eigenvalue weighted by atomic mass is 32.1. The van der Waals surface area contributed by atoms with Crippen molar-refractivity contribution in [3.8, 4) is 0 Å². The number of anilines is 3. The van der Waals surface area contributed by atoms with Gasteiger partial charge in [0.15, 0.2) is 0 Å². The van der Waals surface area contributed by atoms with Gasteiger partial charge in [-0.25, -0.2) is 9.97 Å². The van der Waals surface area contributed by atoms with Crippen molar-refractivity contribution in [2.24, 2.45) is 0 Å². The first-order valence-electron chi connectivity index (χ1n) is 7.62. The Hall–Kier alpha value is -2.80. The van der Waals surface area contributed by atoms with Crippen molar-refractivity contribution in [3.05, 3.63) is 58.3 Å². The van der Waals surface area contributed by atoms with Crippen molar-refractivity contribution in [2.45, 2.75) is 13.3 Å². The largest absolute Gasteiger partial charge is 0.320 e. The SMILES string of the molecule is Cc1ccc(NC(=O)c2cc3c(s2)CCN3c2ncccn2)cn1. The van der Waals surface area contributed by atoms with Crippen LogP contribution in [0.25, 0.3) is 0 Å². The summed E-state index contributed by atoms with van der Waals surface area (Å²) in [5.74, 6) is 0.553. The van der Waals surface area contributed by atoms with E-state index in [9.17, 15) is 4.79 Å². The first-order chi connectivity index (χ1) is 11.7. The normalized spacial score (nSPS) is 13.0. The Morgan fingerprint density at radius 1 is 1.25 bits per heavy atom. The Morgan fingerprint density at radius 2 is 2.08 bits per heavy atom. The molecule has 0 atom stereocenters. The number of carbonyl (C=O) groups excluding carboxylic acids is 1. The maximum absolute atomic E-state index is 12.5. The molecule has 1 aliphatic rings. The molecule has 0 radical (unpaired) electrons. The number of nitrogens with one attached hydrogen (secondary N) is 1. The second-order valence-corrected chi connectivity index (χ2v) is 6.65. The predicted molar refractivity (Wildman–Crippen MR) is 94.0 cm³/mol. The number of rotatable bonds is 3. The summed E-state index contributed by atoms with van der Waals surface area (Å²) in [5.41, 5.74) is 2.64. The average Bonchev–Trinajstić information content (AvgIpc) is 3.18. The molecule has 120 valence electrons. The van der Waals surface area contributed by atoms with Crippen LogP contribution in [0, 0.1) is 6.92 Å². The van der Waals surface area contributed by atoms with Gasteiger partial charge in [-0.1, -0.05) is 0 Å². The number of hydrogen-bond acceptors (Lipinski definition) is 6. The maximum atomic E-state index is 12.5. The topological polar surface area (TPSA) is 71.0 Å². The number of carbonyl (C=O) groups is 1. The van der Waals surface area contributed by atoms with E-state index in [0.29, 0.717) is 16.5 Å². The van der Waals surface area contributed by atoms with Gasteiger partial charge >= 0.3 is 0 Å². The van der Waals surface area contributed by atoms with E-state index in [2.05, 4.69) is 25.2 Å². The summed E-state index contributed by atoms with van der Waals surface area (Å²) in [4.78, 5) is 29.2. The van der Waals surface area contributed by atoms with E-state index in [1.807, 2.05) is 25.1 Å². The highest BCUT2D eigenvalue weighted by Gasteiger charge is 2.26. The van der Waals surface area contributed by atoms with Crippen LogP contribution in [-0.2, 0) is 6.42 Å². The molecule has 1 amide bonds. The summed E-state index contributed by atoms with van der Waals surface area (Å²) < 4.78 is 0. The van der Waals surface area contributed by atoms with E-state index in [1.54, 1.807) is 24.7 Å². The van der Waals surface area contributed by atoms with E-state index in [4.69, 9.17) is 0 Å². The fourth-order valence-corrected chi connectivity index (χ4v) is 3.69. The number of aromatic nitrogens is 3. The smallest absolute Gasteiger partial charge is 0.265 e. The second-order valence-electron chi connectivity index (χ2n) is 5.51. The van der Waals surface area contributed by atoms with Crippen LogP contribution >= 0.6 is 11.3 Å². The third kappa shape index (κ3) is 2.74. The summed E-state index contributed by atoms with van der Waals surface area (Å²) in [6, 6.07) is 7.44. The van der Waals surface area contributed by atoms with Gasteiger partial charge in [-0.05, 0) is 31.2 Å². The van der Waals surface area contributed by atoms with Gasteiger partial charge in [0.05, 0.1) is 22.4 Å². The molecule has 0 aliphatic carbocycles. The van der Waals surface area contributed by atoms with Crippen molar-refractivity contribution >= 4 is 34.6 Å². The van der Waals surface area contributed by atoms with Gasteiger partial charge in [0.2, 0.25) is 5.95 Å². The van der Waals surface area contributed by atoms with Gasteiger partial charge in [-0.3, -0.25) is 9.78 Å². The Balaban J connectivity index is 1.56. The number of pyridine rings is 1. The molecule has 0 spiro atoms. The van der Waals surface area contributed by atoms with Crippen LogP contribution in [0.2, 0.25) is 0 Å². The first kappa shape index (κ1) is 14.8. The molecule has 1 aliphatic heterocycles. The number of thiophene rings is 1. The molecule has 3 aromatic heterocycles. The molecule has 4 rings (SSSR count). The van der Waals surface area contributed by atoms with E-state index < -0.39 is 0 Å². The van der Waals surface area contributed by atoms with Gasteiger partial charge in [-0.2, -0.15) is 0 Å². The highest BCUT2D eigenvalue weighted by Crippen LogP contribution is 2.38. The predicted octanol–water partition coefficient (Wildman–Crippen LogP) is 3.19. The lowest BCUT2D eigenvalue weighted by atomic mass is 10.3. The highest BCUT2D eigenvalue weighted by molar-refractivity contribution is 7.14. The van der Waals surface area contributed by atoms with Gasteiger partial charge in [0.25, 0.3) is 5.91 Å². The summed E-state index contributed by atoms with van der Waals surface area (Å²) in [5, 5.41) is 2.89. The zero-order valence-electron chi connectivity index (χ0n) is 13.1. The van der Waals surface area contributed by atoms with Crippen molar-refractivity contribution < 1.29 is 4.79 Å². The molecule has 3 aromatic rings. The Bertz CT molecular complexity index is 876. The quantitative estimate of drug-likeness (QED) is 0.795. The minimum atomic E-state index is -0.117. The number of amides is 1. The second kappa shape index (κ2) is 6.01. The molecule has 6 nitrogen and oxygen atoms in total. The molecule has 1 N–H and O–H groups in total. The molecule has 0 aromatic carbocycles. The summed E-state index contributed by atoms with van der Waals surface area (Å²) >= 11 is 1.52. The minimum absolute atomic E-state index is 0.117. The monoisotopic (exact) mass is 337 g/mol. The third-order valence-corrected chi connectivity index (χ3v) is 5.01. The Kier molecular flexibility index (Phi) is 3.70. The summed E-state index contributed by atoms with van der Waals surface area (Å²) in [6.45, 7) is 2.75. The first-order valence-corrected chi connectivity index (χ1v) is 8.43. The van der Waals surface area contributed by atoms with Gasteiger partial charge in [0, 0.05) is 35.9 Å². The molecular formula is C17H15N5OS. The van der Waals surface area contributed by atoms with E-state index in [-0.39, 0.29) is 5.91 Å². The van der Waals surface area contributed by atoms with Gasteiger partial charge < -0.3 is 10.2 Å². The molecule has 0 saturated heterocycles. The van der Waals surface area contributed by atoms with Crippen molar-refractivity contribution in [2.75, 3.05) is 16.8 Å². The standard InChI is InChI=1S/C17H15N5OS/c1-11-3-4-12(10-20-11)21-16(23)15-9-13-14(24-15)5-8-22(13)17-18-6-2-7-19-17/h2-4,6-7,9-10H,5,8H2,1H3,(H,21,23). The molecule has 0 saturated carbocycles. The number of aryl methyl sites for hydroxylation is 1. The summed E-state index contributed by atoms with van der Waals surface area (Å²) in [7, 11) is 0. The van der Waals surface area contributed by atoms with E-state index in [1.165, 1.54) is 16.2 Å².